The molecule has 0 bridgehead atoms. The minimum Gasteiger partial charge on any atom is -0.378 e. The Bertz CT molecular complexity index is 548. The molecule has 7 heteroatoms. The van der Waals surface area contributed by atoms with Crippen LogP contribution in [0.4, 0.5) is 5.82 Å². The molecule has 100 valence electrons. The Hall–Kier alpha value is -1.63. The molecule has 0 aromatic carbocycles. The minimum absolute atomic E-state index is 0.159. The molecular formula is C11H18N4O3. The molecule has 1 aromatic heterocycles. The highest BCUT2D eigenvalue weighted by Crippen LogP contribution is 2.15. The van der Waals surface area contributed by atoms with E-state index in [1.54, 1.807) is 0 Å². The van der Waals surface area contributed by atoms with Gasteiger partial charge in [-0.25, -0.2) is 9.48 Å². The smallest absolute Gasteiger partial charge is 0.346 e. The number of aryl methyl sites for hydroxylation is 1. The van der Waals surface area contributed by atoms with E-state index in [1.165, 1.54) is 14.1 Å². The van der Waals surface area contributed by atoms with Crippen LogP contribution in [0.1, 0.15) is 19.8 Å². The Balaban J connectivity index is 2.24. The summed E-state index contributed by atoms with van der Waals surface area (Å²) in [4.78, 5) is 23.4. The second kappa shape index (κ2) is 4.93. The zero-order valence-electron chi connectivity index (χ0n) is 10.8. The summed E-state index contributed by atoms with van der Waals surface area (Å²) in [6, 6.07) is 0.159. The van der Waals surface area contributed by atoms with Crippen LogP contribution in [0.15, 0.2) is 9.59 Å². The lowest BCUT2D eigenvalue weighted by Crippen LogP contribution is -2.42. The van der Waals surface area contributed by atoms with Gasteiger partial charge in [-0.2, -0.15) is 0 Å². The van der Waals surface area contributed by atoms with Crippen molar-refractivity contribution < 1.29 is 4.74 Å². The van der Waals surface area contributed by atoms with Gasteiger partial charge >= 0.3 is 5.69 Å². The zero-order valence-corrected chi connectivity index (χ0v) is 10.8. The molecule has 7 nitrogen and oxygen atoms in total. The summed E-state index contributed by atoms with van der Waals surface area (Å²) in [7, 11) is 2.98. The summed E-state index contributed by atoms with van der Waals surface area (Å²) in [5.74, 6) is 0.221. The van der Waals surface area contributed by atoms with Crippen molar-refractivity contribution in [1.29, 1.82) is 0 Å². The van der Waals surface area contributed by atoms with E-state index in [-0.39, 0.29) is 18.0 Å². The highest BCUT2D eigenvalue weighted by atomic mass is 16.5. The maximum Gasteiger partial charge on any atom is 0.346 e. The van der Waals surface area contributed by atoms with Gasteiger partial charge in [0.15, 0.2) is 0 Å². The average molecular weight is 254 g/mol. The van der Waals surface area contributed by atoms with Crippen LogP contribution >= 0.6 is 0 Å². The van der Waals surface area contributed by atoms with Gasteiger partial charge in [0.1, 0.15) is 0 Å². The molecule has 1 aliphatic rings. The molecule has 2 heterocycles. The number of nitrogens with one attached hydrogen (secondary N) is 1. The van der Waals surface area contributed by atoms with Crippen molar-refractivity contribution >= 4 is 5.82 Å². The molecule has 1 fully saturated rings. The Morgan fingerprint density at radius 2 is 2.11 bits per heavy atom. The quantitative estimate of drug-likeness (QED) is 0.766. The van der Waals surface area contributed by atoms with Crippen LogP contribution in [0.5, 0.6) is 0 Å². The number of rotatable bonds is 2. The molecule has 2 unspecified atom stereocenters. The summed E-state index contributed by atoms with van der Waals surface area (Å²) in [5.41, 5.74) is -0.817. The van der Waals surface area contributed by atoms with Crippen LogP contribution in [0.3, 0.4) is 0 Å². The Morgan fingerprint density at radius 1 is 1.39 bits per heavy atom. The van der Waals surface area contributed by atoms with Crippen LogP contribution in [0.25, 0.3) is 0 Å². The summed E-state index contributed by atoms with van der Waals surface area (Å²) in [6.07, 6.45) is 1.83. The SMILES string of the molecule is CC1CC(Nc2nn(C)c(=O)n(C)c2=O)CCO1. The maximum absolute atomic E-state index is 11.9. The Morgan fingerprint density at radius 3 is 2.78 bits per heavy atom. The second-order valence-corrected chi connectivity index (χ2v) is 4.67. The van der Waals surface area contributed by atoms with Crippen molar-refractivity contribution in [3.8, 4) is 0 Å². The fourth-order valence-electron chi connectivity index (χ4n) is 2.11. The van der Waals surface area contributed by atoms with Gasteiger partial charge in [0.25, 0.3) is 5.56 Å². The van der Waals surface area contributed by atoms with E-state index in [0.717, 1.165) is 22.1 Å². The number of ether oxygens (including phenoxy) is 1. The lowest BCUT2D eigenvalue weighted by Gasteiger charge is -2.28. The summed E-state index contributed by atoms with van der Waals surface area (Å²) in [5, 5.41) is 7.08. The highest BCUT2D eigenvalue weighted by molar-refractivity contribution is 5.31. The third-order valence-electron chi connectivity index (χ3n) is 3.15. The molecule has 0 saturated carbocycles. The summed E-state index contributed by atoms with van der Waals surface area (Å²) in [6.45, 7) is 2.67. The lowest BCUT2D eigenvalue weighted by atomic mass is 10.0. The third kappa shape index (κ3) is 2.45. The van der Waals surface area contributed by atoms with Crippen molar-refractivity contribution in [2.24, 2.45) is 14.1 Å². The van der Waals surface area contributed by atoms with E-state index in [4.69, 9.17) is 4.74 Å². The van der Waals surface area contributed by atoms with Gasteiger partial charge < -0.3 is 10.1 Å². The maximum atomic E-state index is 11.9. The fraction of sp³-hybridized carbons (Fsp3) is 0.727. The van der Waals surface area contributed by atoms with E-state index in [9.17, 15) is 9.59 Å². The Labute approximate surface area is 104 Å². The number of hydrogen-bond acceptors (Lipinski definition) is 5. The van der Waals surface area contributed by atoms with Crippen LogP contribution in [-0.4, -0.2) is 33.1 Å². The van der Waals surface area contributed by atoms with Crippen LogP contribution in [0.2, 0.25) is 0 Å². The predicted molar refractivity (Wildman–Crippen MR) is 66.8 cm³/mol. The highest BCUT2D eigenvalue weighted by Gasteiger charge is 2.21. The molecule has 1 aliphatic heterocycles. The molecule has 2 rings (SSSR count). The predicted octanol–water partition coefficient (Wildman–Crippen LogP) is -0.542. The van der Waals surface area contributed by atoms with Crippen molar-refractivity contribution in [2.45, 2.75) is 31.9 Å². The van der Waals surface area contributed by atoms with Gasteiger partial charge in [0, 0.05) is 26.7 Å². The van der Waals surface area contributed by atoms with Crippen molar-refractivity contribution in [3.63, 3.8) is 0 Å². The molecule has 0 amide bonds. The molecule has 1 aromatic rings. The van der Waals surface area contributed by atoms with Gasteiger partial charge in [-0.1, -0.05) is 0 Å². The third-order valence-corrected chi connectivity index (χ3v) is 3.15. The van der Waals surface area contributed by atoms with Crippen molar-refractivity contribution in [1.82, 2.24) is 14.3 Å². The normalized spacial score (nSPS) is 23.9. The van der Waals surface area contributed by atoms with Crippen LogP contribution in [-0.2, 0) is 18.8 Å². The molecule has 1 saturated heterocycles. The van der Waals surface area contributed by atoms with E-state index in [2.05, 4.69) is 10.4 Å². The number of aromatic nitrogens is 3. The number of hydrogen-bond donors (Lipinski definition) is 1. The first kappa shape index (κ1) is 12.8. The molecule has 18 heavy (non-hydrogen) atoms. The second-order valence-electron chi connectivity index (χ2n) is 4.67. The first-order valence-corrected chi connectivity index (χ1v) is 6.01. The van der Waals surface area contributed by atoms with E-state index >= 15 is 0 Å². The molecule has 1 N–H and O–H groups in total. The molecular weight excluding hydrogens is 236 g/mol. The van der Waals surface area contributed by atoms with Crippen LogP contribution in [0, 0.1) is 0 Å². The summed E-state index contributed by atoms with van der Waals surface area (Å²) < 4.78 is 7.66. The van der Waals surface area contributed by atoms with Crippen molar-refractivity contribution in [2.75, 3.05) is 11.9 Å². The van der Waals surface area contributed by atoms with E-state index < -0.39 is 11.2 Å². The van der Waals surface area contributed by atoms with Gasteiger partial charge in [0.2, 0.25) is 5.82 Å². The number of nitrogens with zero attached hydrogens (tertiary/aromatic N) is 3. The van der Waals surface area contributed by atoms with E-state index in [0.29, 0.717) is 6.61 Å². The Kier molecular flexibility index (Phi) is 3.51. The molecule has 0 radical (unpaired) electrons. The number of anilines is 1. The standard InChI is InChI=1S/C11H18N4O3/c1-7-6-8(4-5-18-7)12-9-10(16)14(2)11(17)15(3)13-9/h7-8H,4-6H2,1-3H3,(H,12,13). The zero-order chi connectivity index (χ0) is 13.3. The largest absolute Gasteiger partial charge is 0.378 e. The average Bonchev–Trinajstić information content (AvgIpc) is 2.33. The summed E-state index contributed by atoms with van der Waals surface area (Å²) >= 11 is 0. The van der Waals surface area contributed by atoms with Gasteiger partial charge in [0.05, 0.1) is 6.10 Å². The fourth-order valence-corrected chi connectivity index (χ4v) is 2.11. The molecule has 0 aliphatic carbocycles. The van der Waals surface area contributed by atoms with Gasteiger partial charge in [-0.15, -0.1) is 5.10 Å². The van der Waals surface area contributed by atoms with E-state index in [1.807, 2.05) is 6.92 Å². The minimum atomic E-state index is -0.425. The van der Waals surface area contributed by atoms with Crippen molar-refractivity contribution in [3.05, 3.63) is 20.8 Å². The first-order chi connectivity index (χ1) is 8.49. The molecule has 0 spiro atoms. The van der Waals surface area contributed by atoms with Gasteiger partial charge in [-0.05, 0) is 19.8 Å². The topological polar surface area (TPSA) is 78.2 Å². The van der Waals surface area contributed by atoms with Gasteiger partial charge in [-0.3, -0.25) is 9.36 Å². The molecule has 2 atom stereocenters. The first-order valence-electron chi connectivity index (χ1n) is 6.01. The monoisotopic (exact) mass is 254 g/mol. The van der Waals surface area contributed by atoms with Crippen LogP contribution < -0.4 is 16.6 Å². The lowest BCUT2D eigenvalue weighted by molar-refractivity contribution is 0.0231.